The molecule has 0 saturated heterocycles. The quantitative estimate of drug-likeness (QED) is 0.807. The monoisotopic (exact) mass is 370 g/mol. The first-order chi connectivity index (χ1) is 10.9. The van der Waals surface area contributed by atoms with Crippen LogP contribution in [0.4, 0.5) is 0 Å². The fourth-order valence-corrected chi connectivity index (χ4v) is 2.45. The molecule has 0 aliphatic rings. The van der Waals surface area contributed by atoms with Crippen molar-refractivity contribution in [1.82, 2.24) is 10.9 Å². The molecule has 0 heterocycles. The van der Waals surface area contributed by atoms with E-state index in [2.05, 4.69) is 10.9 Å². The maximum Gasteiger partial charge on any atom is 0.242 e. The summed E-state index contributed by atoms with van der Waals surface area (Å²) in [6.45, 7) is 0. The average molecular weight is 372 g/mol. The molecular weight excluding hydrogens is 359 g/mol. The van der Waals surface area contributed by atoms with Crippen LogP contribution in [0.3, 0.4) is 0 Å². The highest BCUT2D eigenvalue weighted by molar-refractivity contribution is 6.35. The smallest absolute Gasteiger partial charge is 0.242 e. The molecule has 0 aromatic heterocycles. The number of hydrogen-bond donors (Lipinski definition) is 2. The Bertz CT molecular complexity index is 718. The molecule has 2 amide bonds. The normalized spacial score (nSPS) is 10.2. The van der Waals surface area contributed by atoms with E-state index in [1.165, 1.54) is 0 Å². The van der Waals surface area contributed by atoms with Crippen LogP contribution < -0.4 is 10.9 Å². The zero-order valence-electron chi connectivity index (χ0n) is 11.9. The summed E-state index contributed by atoms with van der Waals surface area (Å²) in [5, 5.41) is 1.50. The van der Waals surface area contributed by atoms with Crippen molar-refractivity contribution in [3.63, 3.8) is 0 Å². The predicted octanol–water partition coefficient (Wildman–Crippen LogP) is 3.58. The molecule has 0 spiro atoms. The third kappa shape index (κ3) is 5.75. The van der Waals surface area contributed by atoms with Gasteiger partial charge in [0.1, 0.15) is 0 Å². The molecule has 0 saturated carbocycles. The lowest BCUT2D eigenvalue weighted by atomic mass is 10.1. The number of rotatable bonds is 4. The van der Waals surface area contributed by atoms with Crippen LogP contribution in [-0.2, 0) is 22.4 Å². The molecule has 0 aliphatic heterocycles. The maximum absolute atomic E-state index is 11.8. The molecule has 2 N–H and O–H groups in total. The second kappa shape index (κ2) is 8.20. The SMILES string of the molecule is O=C(Cc1ccc(Cl)cc1)NNC(=O)Cc1ccc(Cl)cc1Cl. The van der Waals surface area contributed by atoms with E-state index in [9.17, 15) is 9.59 Å². The van der Waals surface area contributed by atoms with Crippen LogP contribution in [0.1, 0.15) is 11.1 Å². The second-order valence-corrected chi connectivity index (χ2v) is 6.09. The third-order valence-electron chi connectivity index (χ3n) is 2.99. The molecule has 120 valence electrons. The third-order valence-corrected chi connectivity index (χ3v) is 3.82. The minimum atomic E-state index is -0.376. The summed E-state index contributed by atoms with van der Waals surface area (Å²) < 4.78 is 0. The number of benzene rings is 2. The molecule has 2 rings (SSSR count). The minimum Gasteiger partial charge on any atom is -0.273 e. The molecular formula is C16H13Cl3N2O2. The van der Waals surface area contributed by atoms with Crippen LogP contribution in [0.25, 0.3) is 0 Å². The first kappa shape index (κ1) is 17.6. The molecule has 0 unspecified atom stereocenters. The Morgan fingerprint density at radius 1 is 0.783 bits per heavy atom. The van der Waals surface area contributed by atoms with Crippen molar-refractivity contribution in [1.29, 1.82) is 0 Å². The molecule has 2 aromatic carbocycles. The van der Waals surface area contributed by atoms with E-state index < -0.39 is 0 Å². The zero-order valence-corrected chi connectivity index (χ0v) is 14.2. The molecule has 0 atom stereocenters. The van der Waals surface area contributed by atoms with Crippen molar-refractivity contribution >= 4 is 46.6 Å². The van der Waals surface area contributed by atoms with Gasteiger partial charge in [-0.3, -0.25) is 20.4 Å². The molecule has 0 bridgehead atoms. The van der Waals surface area contributed by atoms with Gasteiger partial charge in [-0.05, 0) is 35.4 Å². The number of amides is 2. The second-order valence-electron chi connectivity index (χ2n) is 4.81. The standard InChI is InChI=1S/C16H13Cl3N2O2/c17-12-4-1-10(2-5-12)7-15(22)20-21-16(23)8-11-3-6-13(18)9-14(11)19/h1-6,9H,7-8H2,(H,20,22)(H,21,23). The van der Waals surface area contributed by atoms with Crippen LogP contribution in [0.2, 0.25) is 15.1 Å². The Kier molecular flexibility index (Phi) is 6.28. The van der Waals surface area contributed by atoms with Gasteiger partial charge in [0.05, 0.1) is 12.8 Å². The van der Waals surface area contributed by atoms with E-state index in [1.807, 2.05) is 0 Å². The first-order valence-electron chi connectivity index (χ1n) is 6.70. The summed E-state index contributed by atoms with van der Waals surface area (Å²) in [6.07, 6.45) is 0.177. The van der Waals surface area contributed by atoms with E-state index in [4.69, 9.17) is 34.8 Å². The molecule has 23 heavy (non-hydrogen) atoms. The van der Waals surface area contributed by atoms with E-state index in [-0.39, 0.29) is 24.7 Å². The van der Waals surface area contributed by atoms with Crippen molar-refractivity contribution in [2.75, 3.05) is 0 Å². The number of halogens is 3. The lowest BCUT2D eigenvalue weighted by Crippen LogP contribution is -2.43. The average Bonchev–Trinajstić information content (AvgIpc) is 2.50. The Morgan fingerprint density at radius 2 is 1.35 bits per heavy atom. The lowest BCUT2D eigenvalue weighted by Gasteiger charge is -2.08. The van der Waals surface area contributed by atoms with E-state index in [1.54, 1.807) is 42.5 Å². The molecule has 0 fully saturated rings. The van der Waals surface area contributed by atoms with Gasteiger partial charge in [0.25, 0.3) is 0 Å². The highest BCUT2D eigenvalue weighted by atomic mass is 35.5. The Morgan fingerprint density at radius 3 is 1.96 bits per heavy atom. The summed E-state index contributed by atoms with van der Waals surface area (Å²) >= 11 is 17.6. The van der Waals surface area contributed by atoms with Crippen LogP contribution in [-0.4, -0.2) is 11.8 Å². The van der Waals surface area contributed by atoms with Gasteiger partial charge < -0.3 is 0 Å². The largest absolute Gasteiger partial charge is 0.273 e. The number of carbonyl (C=O) groups is 2. The number of carbonyl (C=O) groups excluding carboxylic acids is 2. The van der Waals surface area contributed by atoms with Gasteiger partial charge in [0, 0.05) is 15.1 Å². The van der Waals surface area contributed by atoms with Gasteiger partial charge in [-0.25, -0.2) is 0 Å². The van der Waals surface area contributed by atoms with Gasteiger partial charge in [0.15, 0.2) is 0 Å². The molecule has 2 aromatic rings. The van der Waals surface area contributed by atoms with Crippen molar-refractivity contribution in [2.45, 2.75) is 12.8 Å². The topological polar surface area (TPSA) is 58.2 Å². The Labute approximate surface area is 148 Å². The van der Waals surface area contributed by atoms with Gasteiger partial charge in [-0.1, -0.05) is 53.0 Å². The van der Waals surface area contributed by atoms with Gasteiger partial charge in [-0.15, -0.1) is 0 Å². The number of hydrazine groups is 1. The minimum absolute atomic E-state index is 0.0389. The fraction of sp³-hybridized carbons (Fsp3) is 0.125. The summed E-state index contributed by atoms with van der Waals surface area (Å²) in [5.41, 5.74) is 6.12. The van der Waals surface area contributed by atoms with Crippen molar-refractivity contribution in [3.05, 3.63) is 68.7 Å². The summed E-state index contributed by atoms with van der Waals surface area (Å²) in [7, 11) is 0. The van der Waals surface area contributed by atoms with Crippen molar-refractivity contribution < 1.29 is 9.59 Å². The molecule has 7 heteroatoms. The van der Waals surface area contributed by atoms with Crippen molar-refractivity contribution in [3.8, 4) is 0 Å². The van der Waals surface area contributed by atoms with Gasteiger partial charge >= 0.3 is 0 Å². The number of hydrogen-bond acceptors (Lipinski definition) is 2. The van der Waals surface area contributed by atoms with E-state index in [0.29, 0.717) is 20.6 Å². The zero-order chi connectivity index (χ0) is 16.8. The molecule has 0 aliphatic carbocycles. The van der Waals surface area contributed by atoms with Gasteiger partial charge in [-0.2, -0.15) is 0 Å². The predicted molar refractivity (Wildman–Crippen MR) is 91.6 cm³/mol. The van der Waals surface area contributed by atoms with E-state index in [0.717, 1.165) is 5.56 Å². The lowest BCUT2D eigenvalue weighted by molar-refractivity contribution is -0.128. The van der Waals surface area contributed by atoms with E-state index >= 15 is 0 Å². The summed E-state index contributed by atoms with van der Waals surface area (Å²) in [6, 6.07) is 11.8. The van der Waals surface area contributed by atoms with Crippen LogP contribution in [0, 0.1) is 0 Å². The summed E-state index contributed by atoms with van der Waals surface area (Å²) in [4.78, 5) is 23.6. The fourth-order valence-electron chi connectivity index (χ4n) is 1.85. The Balaban J connectivity index is 1.81. The van der Waals surface area contributed by atoms with Crippen LogP contribution >= 0.6 is 34.8 Å². The highest BCUT2D eigenvalue weighted by Gasteiger charge is 2.09. The Hall–Kier alpha value is -1.75. The summed E-state index contributed by atoms with van der Waals surface area (Å²) in [5.74, 6) is -0.707. The van der Waals surface area contributed by atoms with Gasteiger partial charge in [0.2, 0.25) is 11.8 Å². The van der Waals surface area contributed by atoms with Crippen LogP contribution in [0.15, 0.2) is 42.5 Å². The molecule has 0 radical (unpaired) electrons. The maximum atomic E-state index is 11.8. The van der Waals surface area contributed by atoms with Crippen molar-refractivity contribution in [2.24, 2.45) is 0 Å². The highest BCUT2D eigenvalue weighted by Crippen LogP contribution is 2.21. The number of nitrogens with one attached hydrogen (secondary N) is 2. The molecule has 4 nitrogen and oxygen atoms in total. The van der Waals surface area contributed by atoms with Crippen LogP contribution in [0.5, 0.6) is 0 Å². The first-order valence-corrected chi connectivity index (χ1v) is 7.83.